The predicted octanol–water partition coefficient (Wildman–Crippen LogP) is 3.99. The van der Waals surface area contributed by atoms with Crippen molar-refractivity contribution in [3.63, 3.8) is 0 Å². The number of nitrogens with one attached hydrogen (secondary N) is 1. The van der Waals surface area contributed by atoms with Crippen LogP contribution in [0.2, 0.25) is 0 Å². The highest BCUT2D eigenvalue weighted by Crippen LogP contribution is 2.36. The van der Waals surface area contributed by atoms with Crippen molar-refractivity contribution in [3.05, 3.63) is 65.7 Å². The van der Waals surface area contributed by atoms with Crippen LogP contribution in [0.3, 0.4) is 0 Å². The van der Waals surface area contributed by atoms with Crippen LogP contribution in [0.1, 0.15) is 23.6 Å². The fraction of sp³-hybridized carbons (Fsp3) is 0.227. The van der Waals surface area contributed by atoms with E-state index in [0.29, 0.717) is 28.2 Å². The van der Waals surface area contributed by atoms with Gasteiger partial charge in [0, 0.05) is 12.6 Å². The summed E-state index contributed by atoms with van der Waals surface area (Å²) < 4.78 is 16.0. The minimum Gasteiger partial charge on any atom is -0.386 e. The third-order valence-electron chi connectivity index (χ3n) is 5.69. The topological polar surface area (TPSA) is 81.7 Å². The summed E-state index contributed by atoms with van der Waals surface area (Å²) >= 11 is 0. The Hall–Kier alpha value is -3.48. The van der Waals surface area contributed by atoms with Gasteiger partial charge in [-0.25, -0.2) is 19.0 Å². The minimum atomic E-state index is -0.312. The number of nitrogens with zero attached hydrogens (tertiary/aromatic N) is 4. The maximum Gasteiger partial charge on any atom is 0.164 e. The van der Waals surface area contributed by atoms with E-state index in [0.717, 1.165) is 24.8 Å². The summed E-state index contributed by atoms with van der Waals surface area (Å²) in [5.41, 5.74) is 11.5. The molecule has 0 fully saturated rings. The number of anilines is 2. The van der Waals surface area contributed by atoms with Crippen LogP contribution in [-0.4, -0.2) is 26.8 Å². The van der Waals surface area contributed by atoms with E-state index in [9.17, 15) is 4.39 Å². The average Bonchev–Trinajstić information content (AvgIpc) is 3.15. The third-order valence-corrected chi connectivity index (χ3v) is 5.69. The third kappa shape index (κ3) is 2.90. The Balaban J connectivity index is 1.66. The summed E-state index contributed by atoms with van der Waals surface area (Å²) in [5, 5.41) is 8.49. The van der Waals surface area contributed by atoms with E-state index < -0.39 is 0 Å². The Morgan fingerprint density at radius 3 is 2.79 bits per heavy atom. The second-order valence-corrected chi connectivity index (χ2v) is 7.36. The van der Waals surface area contributed by atoms with Crippen molar-refractivity contribution in [2.45, 2.75) is 25.3 Å². The van der Waals surface area contributed by atoms with Gasteiger partial charge in [-0.3, -0.25) is 0 Å². The van der Waals surface area contributed by atoms with Crippen LogP contribution in [0.5, 0.6) is 0 Å². The maximum absolute atomic E-state index is 14.0. The Morgan fingerprint density at radius 1 is 1.14 bits per heavy atom. The highest BCUT2D eigenvalue weighted by Gasteiger charge is 2.26. The molecule has 0 radical (unpaired) electrons. The van der Waals surface area contributed by atoms with Crippen molar-refractivity contribution in [3.8, 4) is 11.3 Å². The number of benzene rings is 2. The molecule has 0 saturated carbocycles. The molecule has 3 N–H and O–H groups in total. The average molecular weight is 388 g/mol. The second-order valence-electron chi connectivity index (χ2n) is 7.36. The molecule has 1 unspecified atom stereocenters. The van der Waals surface area contributed by atoms with E-state index in [1.54, 1.807) is 19.2 Å². The van der Waals surface area contributed by atoms with E-state index in [1.165, 1.54) is 23.5 Å². The molecular formula is C22H21FN6. The molecule has 0 amide bonds. The number of hydrogen-bond donors (Lipinski definition) is 2. The quantitative estimate of drug-likeness (QED) is 0.555. The maximum atomic E-state index is 14.0. The van der Waals surface area contributed by atoms with Gasteiger partial charge in [0.25, 0.3) is 0 Å². The molecule has 6 nitrogen and oxygen atoms in total. The Bertz CT molecular complexity index is 1220. The van der Waals surface area contributed by atoms with Gasteiger partial charge in [-0.2, -0.15) is 5.10 Å². The van der Waals surface area contributed by atoms with E-state index in [-0.39, 0.29) is 11.9 Å². The summed E-state index contributed by atoms with van der Waals surface area (Å²) in [7, 11) is 1.69. The molecule has 29 heavy (non-hydrogen) atoms. The lowest BCUT2D eigenvalue weighted by Crippen LogP contribution is -2.20. The van der Waals surface area contributed by atoms with Crippen LogP contribution < -0.4 is 11.1 Å². The molecule has 0 saturated heterocycles. The van der Waals surface area contributed by atoms with Gasteiger partial charge in [0.15, 0.2) is 5.65 Å². The summed E-state index contributed by atoms with van der Waals surface area (Å²) in [5.74, 6) is 0.0656. The SMILES string of the molecule is CNc1cc(-c2nn(C3CCc4ccccc4C3)c3ncnc(N)c23)ccc1F. The molecule has 7 heteroatoms. The highest BCUT2D eigenvalue weighted by molar-refractivity contribution is 5.98. The lowest BCUT2D eigenvalue weighted by Gasteiger charge is -2.25. The van der Waals surface area contributed by atoms with Gasteiger partial charge in [-0.1, -0.05) is 24.3 Å². The van der Waals surface area contributed by atoms with Crippen LogP contribution >= 0.6 is 0 Å². The molecule has 2 heterocycles. The number of nitrogens with two attached hydrogens (primary N) is 1. The van der Waals surface area contributed by atoms with E-state index in [4.69, 9.17) is 10.8 Å². The van der Waals surface area contributed by atoms with Crippen LogP contribution in [0.4, 0.5) is 15.9 Å². The molecule has 1 aliphatic carbocycles. The standard InChI is InChI=1S/C22H21FN6/c1-25-18-11-15(7-9-17(18)23)20-19-21(24)26-12-27-22(19)29(28-20)16-8-6-13-4-2-3-5-14(13)10-16/h2-5,7,9,11-12,16,25H,6,8,10H2,1H3,(H2,24,26,27). The van der Waals surface area contributed by atoms with E-state index >= 15 is 0 Å². The molecule has 0 spiro atoms. The van der Waals surface area contributed by atoms with Gasteiger partial charge in [0.1, 0.15) is 23.7 Å². The summed E-state index contributed by atoms with van der Waals surface area (Å²) in [6.07, 6.45) is 4.34. The van der Waals surface area contributed by atoms with Crippen molar-refractivity contribution in [1.82, 2.24) is 19.7 Å². The molecule has 2 aromatic heterocycles. The highest BCUT2D eigenvalue weighted by atomic mass is 19.1. The molecule has 146 valence electrons. The smallest absolute Gasteiger partial charge is 0.164 e. The molecular weight excluding hydrogens is 367 g/mol. The lowest BCUT2D eigenvalue weighted by atomic mass is 9.88. The van der Waals surface area contributed by atoms with Crippen LogP contribution in [-0.2, 0) is 12.8 Å². The van der Waals surface area contributed by atoms with Crippen LogP contribution in [0, 0.1) is 5.82 Å². The fourth-order valence-electron chi connectivity index (χ4n) is 4.20. The van der Waals surface area contributed by atoms with Crippen molar-refractivity contribution in [1.29, 1.82) is 0 Å². The molecule has 4 aromatic rings. The van der Waals surface area contributed by atoms with Crippen molar-refractivity contribution in [2.75, 3.05) is 18.1 Å². The molecule has 0 aliphatic heterocycles. The summed E-state index contributed by atoms with van der Waals surface area (Å²) in [4.78, 5) is 8.67. The number of aromatic nitrogens is 4. The largest absolute Gasteiger partial charge is 0.386 e. The van der Waals surface area contributed by atoms with Crippen molar-refractivity contribution in [2.24, 2.45) is 0 Å². The second kappa shape index (κ2) is 6.84. The zero-order chi connectivity index (χ0) is 20.0. The first-order valence-corrected chi connectivity index (χ1v) is 9.69. The van der Waals surface area contributed by atoms with Crippen molar-refractivity contribution < 1.29 is 4.39 Å². The lowest BCUT2D eigenvalue weighted by molar-refractivity contribution is 0.415. The number of halogens is 1. The minimum absolute atomic E-state index is 0.180. The van der Waals surface area contributed by atoms with Gasteiger partial charge in [0.2, 0.25) is 0 Å². The monoisotopic (exact) mass is 388 g/mol. The summed E-state index contributed by atoms with van der Waals surface area (Å²) in [6.45, 7) is 0. The normalized spacial score (nSPS) is 16.0. The number of rotatable bonds is 3. The number of aryl methyl sites for hydroxylation is 1. The molecule has 2 aromatic carbocycles. The van der Waals surface area contributed by atoms with Gasteiger partial charge in [-0.05, 0) is 48.6 Å². The van der Waals surface area contributed by atoms with E-state index in [2.05, 4.69) is 39.6 Å². The predicted molar refractivity (Wildman–Crippen MR) is 112 cm³/mol. The first-order valence-electron chi connectivity index (χ1n) is 9.69. The Morgan fingerprint density at radius 2 is 1.97 bits per heavy atom. The molecule has 0 bridgehead atoms. The zero-order valence-corrected chi connectivity index (χ0v) is 16.1. The summed E-state index contributed by atoms with van der Waals surface area (Å²) in [6, 6.07) is 13.6. The van der Waals surface area contributed by atoms with Gasteiger partial charge < -0.3 is 11.1 Å². The number of hydrogen-bond acceptors (Lipinski definition) is 5. The van der Waals surface area contributed by atoms with Gasteiger partial charge in [-0.15, -0.1) is 0 Å². The molecule has 1 aliphatic rings. The first kappa shape index (κ1) is 17.6. The molecule has 1 atom stereocenters. The fourth-order valence-corrected chi connectivity index (χ4v) is 4.20. The number of nitrogen functional groups attached to an aromatic ring is 1. The Labute approximate surface area is 167 Å². The Kier molecular flexibility index (Phi) is 4.16. The zero-order valence-electron chi connectivity index (χ0n) is 16.1. The number of fused-ring (bicyclic) bond motifs is 2. The van der Waals surface area contributed by atoms with E-state index in [1.807, 2.05) is 4.68 Å². The van der Waals surface area contributed by atoms with Crippen LogP contribution in [0.25, 0.3) is 22.3 Å². The first-order chi connectivity index (χ1) is 14.2. The molecule has 5 rings (SSSR count). The van der Waals surface area contributed by atoms with Gasteiger partial charge in [0.05, 0.1) is 17.1 Å². The van der Waals surface area contributed by atoms with Gasteiger partial charge >= 0.3 is 0 Å². The van der Waals surface area contributed by atoms with Crippen molar-refractivity contribution >= 4 is 22.5 Å². The van der Waals surface area contributed by atoms with Crippen LogP contribution in [0.15, 0.2) is 48.8 Å².